The number of amides is 1. The van der Waals surface area contributed by atoms with Gasteiger partial charge in [0.15, 0.2) is 0 Å². The summed E-state index contributed by atoms with van der Waals surface area (Å²) >= 11 is 0. The molecule has 1 aliphatic rings. The molecule has 0 atom stereocenters. The third-order valence-corrected chi connectivity index (χ3v) is 6.54. The van der Waals surface area contributed by atoms with Crippen molar-refractivity contribution in [3.63, 3.8) is 0 Å². The predicted octanol–water partition coefficient (Wildman–Crippen LogP) is 3.52. The zero-order chi connectivity index (χ0) is 20.9. The van der Waals surface area contributed by atoms with Crippen molar-refractivity contribution in [3.05, 3.63) is 48.0 Å². The molecule has 3 rings (SSSR count). The van der Waals surface area contributed by atoms with Gasteiger partial charge >= 0.3 is 0 Å². The van der Waals surface area contributed by atoms with Crippen LogP contribution in [0.5, 0.6) is 11.5 Å². The van der Waals surface area contributed by atoms with Gasteiger partial charge in [-0.2, -0.15) is 4.31 Å². The number of nitrogens with zero attached hydrogens (tertiary/aromatic N) is 1. The number of ether oxygens (including phenoxy) is 2. The molecule has 1 aliphatic heterocycles. The average molecular weight is 419 g/mol. The lowest BCUT2D eigenvalue weighted by atomic mass is 10.2. The van der Waals surface area contributed by atoms with Crippen molar-refractivity contribution in [2.75, 3.05) is 31.6 Å². The molecule has 0 spiro atoms. The zero-order valence-corrected chi connectivity index (χ0v) is 17.5. The Kier molecular flexibility index (Phi) is 6.76. The summed E-state index contributed by atoms with van der Waals surface area (Å²) in [6.07, 6.45) is 1.76. The molecule has 0 saturated carbocycles. The monoisotopic (exact) mass is 418 g/mol. The standard InChI is InChI=1S/C21H26N2O5S/c1-3-27-17-9-12-20(28-4-2)19(15-17)22-21(24)16-7-10-18(11-8-16)29(25,26)23-13-5-6-14-23/h7-12,15H,3-6,13-14H2,1-2H3,(H,22,24). The molecule has 2 aromatic carbocycles. The third-order valence-electron chi connectivity index (χ3n) is 4.63. The number of rotatable bonds is 8. The summed E-state index contributed by atoms with van der Waals surface area (Å²) in [5, 5.41) is 2.82. The van der Waals surface area contributed by atoms with E-state index in [0.717, 1.165) is 12.8 Å². The first-order valence-electron chi connectivity index (χ1n) is 9.77. The van der Waals surface area contributed by atoms with Crippen LogP contribution in [-0.2, 0) is 10.0 Å². The molecule has 1 saturated heterocycles. The molecule has 0 aromatic heterocycles. The fraction of sp³-hybridized carbons (Fsp3) is 0.381. The maximum absolute atomic E-state index is 12.7. The largest absolute Gasteiger partial charge is 0.494 e. The van der Waals surface area contributed by atoms with Gasteiger partial charge in [-0.3, -0.25) is 4.79 Å². The highest BCUT2D eigenvalue weighted by Gasteiger charge is 2.27. The molecule has 0 aliphatic carbocycles. The highest BCUT2D eigenvalue weighted by molar-refractivity contribution is 7.89. The van der Waals surface area contributed by atoms with Crippen LogP contribution in [0, 0.1) is 0 Å². The second kappa shape index (κ2) is 9.28. The smallest absolute Gasteiger partial charge is 0.255 e. The second-order valence-electron chi connectivity index (χ2n) is 6.61. The number of carbonyl (C=O) groups is 1. The Morgan fingerprint density at radius 1 is 1.00 bits per heavy atom. The van der Waals surface area contributed by atoms with Crippen LogP contribution < -0.4 is 14.8 Å². The highest BCUT2D eigenvalue weighted by atomic mass is 32.2. The van der Waals surface area contributed by atoms with Gasteiger partial charge in [0.25, 0.3) is 5.91 Å². The van der Waals surface area contributed by atoms with E-state index in [9.17, 15) is 13.2 Å². The first kappa shape index (κ1) is 21.1. The van der Waals surface area contributed by atoms with Crippen LogP contribution in [0.25, 0.3) is 0 Å². The third kappa shape index (κ3) is 4.89. The Hall–Kier alpha value is -2.58. The summed E-state index contributed by atoms with van der Waals surface area (Å²) in [5.74, 6) is 0.806. The number of hydrogen-bond donors (Lipinski definition) is 1. The minimum absolute atomic E-state index is 0.198. The molecule has 156 valence electrons. The van der Waals surface area contributed by atoms with Gasteiger partial charge in [0.2, 0.25) is 10.0 Å². The van der Waals surface area contributed by atoms with Crippen LogP contribution in [0.15, 0.2) is 47.4 Å². The Balaban J connectivity index is 1.78. The van der Waals surface area contributed by atoms with E-state index < -0.39 is 10.0 Å². The maximum atomic E-state index is 12.7. The lowest BCUT2D eigenvalue weighted by molar-refractivity contribution is 0.102. The summed E-state index contributed by atoms with van der Waals surface area (Å²) in [5.41, 5.74) is 0.853. The van der Waals surface area contributed by atoms with E-state index in [1.54, 1.807) is 18.2 Å². The quantitative estimate of drug-likeness (QED) is 0.709. The summed E-state index contributed by atoms with van der Waals surface area (Å²) in [6, 6.07) is 11.2. The molecule has 1 amide bonds. The Labute approximate surface area is 171 Å². The molecule has 0 unspecified atom stereocenters. The summed E-state index contributed by atoms with van der Waals surface area (Å²) in [7, 11) is -3.50. The van der Waals surface area contributed by atoms with Gasteiger partial charge in [-0.05, 0) is 63.1 Å². The number of hydrogen-bond acceptors (Lipinski definition) is 5. The molecule has 0 radical (unpaired) electrons. The molecular formula is C21H26N2O5S. The van der Waals surface area contributed by atoms with Gasteiger partial charge in [0.1, 0.15) is 11.5 Å². The molecule has 8 heteroatoms. The van der Waals surface area contributed by atoms with Crippen LogP contribution in [0.4, 0.5) is 5.69 Å². The average Bonchev–Trinajstić information content (AvgIpc) is 3.26. The van der Waals surface area contributed by atoms with Gasteiger partial charge in [0.05, 0.1) is 23.8 Å². The minimum atomic E-state index is -3.50. The van der Waals surface area contributed by atoms with E-state index >= 15 is 0 Å². The zero-order valence-electron chi connectivity index (χ0n) is 16.7. The Bertz CT molecular complexity index is 952. The molecule has 0 bridgehead atoms. The van der Waals surface area contributed by atoms with E-state index in [-0.39, 0.29) is 10.8 Å². The molecule has 2 aromatic rings. The number of benzene rings is 2. The van der Waals surface area contributed by atoms with Crippen molar-refractivity contribution in [2.45, 2.75) is 31.6 Å². The minimum Gasteiger partial charge on any atom is -0.494 e. The van der Waals surface area contributed by atoms with Gasteiger partial charge in [-0.15, -0.1) is 0 Å². The van der Waals surface area contributed by atoms with Crippen molar-refractivity contribution >= 4 is 21.6 Å². The van der Waals surface area contributed by atoms with E-state index in [0.29, 0.717) is 49.1 Å². The predicted molar refractivity (Wildman–Crippen MR) is 111 cm³/mol. The normalized spacial score (nSPS) is 14.6. The summed E-state index contributed by atoms with van der Waals surface area (Å²) < 4.78 is 37.8. The summed E-state index contributed by atoms with van der Waals surface area (Å²) in [4.78, 5) is 12.9. The van der Waals surface area contributed by atoms with Crippen LogP contribution in [0.3, 0.4) is 0 Å². The van der Waals surface area contributed by atoms with E-state index in [1.807, 2.05) is 13.8 Å². The van der Waals surface area contributed by atoms with Crippen LogP contribution in [0.1, 0.15) is 37.0 Å². The van der Waals surface area contributed by atoms with Crippen molar-refractivity contribution in [2.24, 2.45) is 0 Å². The Morgan fingerprint density at radius 2 is 1.66 bits per heavy atom. The fourth-order valence-electron chi connectivity index (χ4n) is 3.19. The van der Waals surface area contributed by atoms with Gasteiger partial charge in [0, 0.05) is 24.7 Å². The summed E-state index contributed by atoms with van der Waals surface area (Å²) in [6.45, 7) is 5.80. The second-order valence-corrected chi connectivity index (χ2v) is 8.55. The van der Waals surface area contributed by atoms with Crippen molar-refractivity contribution in [3.8, 4) is 11.5 Å². The van der Waals surface area contributed by atoms with E-state index in [2.05, 4.69) is 5.32 Å². The topological polar surface area (TPSA) is 84.9 Å². The lowest BCUT2D eigenvalue weighted by Gasteiger charge is -2.16. The number of sulfonamides is 1. The lowest BCUT2D eigenvalue weighted by Crippen LogP contribution is -2.27. The first-order chi connectivity index (χ1) is 14.0. The SMILES string of the molecule is CCOc1ccc(OCC)c(NC(=O)c2ccc(S(=O)(=O)N3CCCC3)cc2)c1. The van der Waals surface area contributed by atoms with Crippen molar-refractivity contribution < 1.29 is 22.7 Å². The van der Waals surface area contributed by atoms with Crippen molar-refractivity contribution in [1.29, 1.82) is 0 Å². The number of carbonyl (C=O) groups excluding carboxylic acids is 1. The molecule has 1 N–H and O–H groups in total. The highest BCUT2D eigenvalue weighted by Crippen LogP contribution is 2.30. The van der Waals surface area contributed by atoms with E-state index in [4.69, 9.17) is 9.47 Å². The Morgan fingerprint density at radius 3 is 2.28 bits per heavy atom. The maximum Gasteiger partial charge on any atom is 0.255 e. The van der Waals surface area contributed by atoms with Crippen LogP contribution >= 0.6 is 0 Å². The van der Waals surface area contributed by atoms with Gasteiger partial charge in [-0.25, -0.2) is 8.42 Å². The van der Waals surface area contributed by atoms with Crippen LogP contribution in [-0.4, -0.2) is 44.9 Å². The molecule has 29 heavy (non-hydrogen) atoms. The van der Waals surface area contributed by atoms with E-state index in [1.165, 1.54) is 28.6 Å². The molecular weight excluding hydrogens is 392 g/mol. The molecule has 1 heterocycles. The van der Waals surface area contributed by atoms with Gasteiger partial charge < -0.3 is 14.8 Å². The van der Waals surface area contributed by atoms with Gasteiger partial charge in [-0.1, -0.05) is 0 Å². The fourth-order valence-corrected chi connectivity index (χ4v) is 4.71. The van der Waals surface area contributed by atoms with Crippen LogP contribution in [0.2, 0.25) is 0 Å². The first-order valence-corrected chi connectivity index (χ1v) is 11.2. The molecule has 7 nitrogen and oxygen atoms in total. The molecule has 1 fully saturated rings. The van der Waals surface area contributed by atoms with Crippen molar-refractivity contribution in [1.82, 2.24) is 4.31 Å². The number of nitrogens with one attached hydrogen (secondary N) is 1. The number of anilines is 1.